The zero-order valence-electron chi connectivity index (χ0n) is 8.07. The lowest BCUT2D eigenvalue weighted by molar-refractivity contribution is 0.149. The van der Waals surface area contributed by atoms with E-state index >= 15 is 0 Å². The van der Waals surface area contributed by atoms with Crippen molar-refractivity contribution in [3.8, 4) is 0 Å². The number of hydrogen-bond acceptors (Lipinski definition) is 2. The monoisotopic (exact) mass is 187 g/mol. The fraction of sp³-hybridized carbons (Fsp3) is 0.167. The van der Waals surface area contributed by atoms with E-state index in [1.54, 1.807) is 7.05 Å². The van der Waals surface area contributed by atoms with Crippen molar-refractivity contribution >= 4 is 10.8 Å². The fourth-order valence-corrected chi connectivity index (χ4v) is 1.54. The molecule has 2 aromatic carbocycles. The SMILES string of the molecule is CNC(O)c1ccc2ccccc2c1. The molecular formula is C12H13NO. The highest BCUT2D eigenvalue weighted by molar-refractivity contribution is 5.83. The van der Waals surface area contributed by atoms with E-state index in [1.807, 2.05) is 36.4 Å². The molecule has 2 N–H and O–H groups in total. The minimum absolute atomic E-state index is 0.584. The van der Waals surface area contributed by atoms with E-state index < -0.39 is 6.23 Å². The van der Waals surface area contributed by atoms with Gasteiger partial charge in [0, 0.05) is 0 Å². The summed E-state index contributed by atoms with van der Waals surface area (Å²) in [5.74, 6) is 0. The molecule has 0 aliphatic rings. The molecule has 2 heteroatoms. The van der Waals surface area contributed by atoms with Crippen LogP contribution in [0.1, 0.15) is 11.8 Å². The maximum Gasteiger partial charge on any atom is 0.130 e. The molecule has 0 heterocycles. The van der Waals surface area contributed by atoms with E-state index in [0.717, 1.165) is 10.9 Å². The van der Waals surface area contributed by atoms with Gasteiger partial charge in [0.2, 0.25) is 0 Å². The zero-order valence-corrected chi connectivity index (χ0v) is 8.07. The second kappa shape index (κ2) is 3.78. The smallest absolute Gasteiger partial charge is 0.130 e. The second-order valence-electron chi connectivity index (χ2n) is 3.30. The highest BCUT2D eigenvalue weighted by Gasteiger charge is 2.03. The predicted octanol–water partition coefficient (Wildman–Crippen LogP) is 2.05. The van der Waals surface area contributed by atoms with Gasteiger partial charge in [-0.25, -0.2) is 0 Å². The Morgan fingerprint density at radius 2 is 1.79 bits per heavy atom. The average molecular weight is 187 g/mol. The van der Waals surface area contributed by atoms with Crippen LogP contribution in [0.15, 0.2) is 42.5 Å². The first kappa shape index (κ1) is 9.19. The molecule has 1 unspecified atom stereocenters. The van der Waals surface area contributed by atoms with Crippen molar-refractivity contribution in [2.45, 2.75) is 6.23 Å². The van der Waals surface area contributed by atoms with Gasteiger partial charge in [-0.2, -0.15) is 0 Å². The van der Waals surface area contributed by atoms with Crippen molar-refractivity contribution < 1.29 is 5.11 Å². The van der Waals surface area contributed by atoms with Crippen molar-refractivity contribution in [2.75, 3.05) is 7.05 Å². The van der Waals surface area contributed by atoms with Crippen molar-refractivity contribution in [3.63, 3.8) is 0 Å². The van der Waals surface area contributed by atoms with Gasteiger partial charge in [0.05, 0.1) is 0 Å². The lowest BCUT2D eigenvalue weighted by Crippen LogP contribution is -2.14. The summed E-state index contributed by atoms with van der Waals surface area (Å²) in [7, 11) is 1.74. The van der Waals surface area contributed by atoms with Gasteiger partial charge < -0.3 is 5.11 Å². The summed E-state index contributed by atoms with van der Waals surface area (Å²) in [6.07, 6.45) is -0.584. The summed E-state index contributed by atoms with van der Waals surface area (Å²) in [4.78, 5) is 0. The van der Waals surface area contributed by atoms with Gasteiger partial charge in [-0.05, 0) is 29.4 Å². The highest BCUT2D eigenvalue weighted by Crippen LogP contribution is 2.18. The van der Waals surface area contributed by atoms with Crippen LogP contribution in [0.2, 0.25) is 0 Å². The van der Waals surface area contributed by atoms with Gasteiger partial charge in [-0.3, -0.25) is 5.32 Å². The Morgan fingerprint density at radius 3 is 2.50 bits per heavy atom. The molecule has 0 radical (unpaired) electrons. The number of hydrogen-bond donors (Lipinski definition) is 2. The van der Waals surface area contributed by atoms with Crippen LogP contribution in [0.4, 0.5) is 0 Å². The van der Waals surface area contributed by atoms with E-state index in [-0.39, 0.29) is 0 Å². The highest BCUT2D eigenvalue weighted by atomic mass is 16.3. The minimum atomic E-state index is -0.584. The molecule has 0 bridgehead atoms. The summed E-state index contributed by atoms with van der Waals surface area (Å²) < 4.78 is 0. The Balaban J connectivity index is 2.51. The average Bonchev–Trinajstić information content (AvgIpc) is 2.27. The van der Waals surface area contributed by atoms with Crippen LogP contribution < -0.4 is 5.32 Å². The number of rotatable bonds is 2. The van der Waals surface area contributed by atoms with Crippen LogP contribution in [0.25, 0.3) is 10.8 Å². The zero-order chi connectivity index (χ0) is 9.97. The van der Waals surface area contributed by atoms with Crippen LogP contribution >= 0.6 is 0 Å². The van der Waals surface area contributed by atoms with E-state index in [9.17, 15) is 5.11 Å². The molecule has 0 aliphatic carbocycles. The van der Waals surface area contributed by atoms with Gasteiger partial charge in [0.1, 0.15) is 6.23 Å². The van der Waals surface area contributed by atoms with Crippen molar-refractivity contribution in [2.24, 2.45) is 0 Å². The van der Waals surface area contributed by atoms with Gasteiger partial charge >= 0.3 is 0 Å². The quantitative estimate of drug-likeness (QED) is 0.705. The number of benzene rings is 2. The fourth-order valence-electron chi connectivity index (χ4n) is 1.54. The number of aliphatic hydroxyl groups excluding tert-OH is 1. The Kier molecular flexibility index (Phi) is 2.48. The van der Waals surface area contributed by atoms with Gasteiger partial charge in [0.25, 0.3) is 0 Å². The second-order valence-corrected chi connectivity index (χ2v) is 3.30. The molecule has 72 valence electrons. The van der Waals surface area contributed by atoms with E-state index in [1.165, 1.54) is 5.39 Å². The molecule has 0 saturated carbocycles. The van der Waals surface area contributed by atoms with Crippen molar-refractivity contribution in [1.29, 1.82) is 0 Å². The molecule has 1 atom stereocenters. The van der Waals surface area contributed by atoms with E-state index in [0.29, 0.717) is 0 Å². The Labute approximate surface area is 83.2 Å². The first-order valence-corrected chi connectivity index (χ1v) is 4.65. The summed E-state index contributed by atoms with van der Waals surface area (Å²) in [6.45, 7) is 0. The lowest BCUT2D eigenvalue weighted by Gasteiger charge is -2.10. The maximum atomic E-state index is 9.58. The van der Waals surface area contributed by atoms with Crippen LogP contribution in [0.5, 0.6) is 0 Å². The van der Waals surface area contributed by atoms with Crippen molar-refractivity contribution in [1.82, 2.24) is 5.32 Å². The molecule has 0 aliphatic heterocycles. The van der Waals surface area contributed by atoms with Gasteiger partial charge in [0.15, 0.2) is 0 Å². The minimum Gasteiger partial charge on any atom is -0.374 e. The summed E-state index contributed by atoms with van der Waals surface area (Å²) in [5.41, 5.74) is 0.895. The third-order valence-electron chi connectivity index (χ3n) is 2.36. The standard InChI is InChI=1S/C12H13NO/c1-13-12(14)11-7-6-9-4-2-3-5-10(9)8-11/h2-8,12-14H,1H3. The Morgan fingerprint density at radius 1 is 1.07 bits per heavy atom. The summed E-state index contributed by atoms with van der Waals surface area (Å²) >= 11 is 0. The molecule has 0 spiro atoms. The molecule has 2 nitrogen and oxygen atoms in total. The maximum absolute atomic E-state index is 9.58. The first-order chi connectivity index (χ1) is 6.81. The molecule has 0 saturated heterocycles. The molecule has 2 rings (SSSR count). The number of fused-ring (bicyclic) bond motifs is 1. The molecule has 0 amide bonds. The van der Waals surface area contributed by atoms with Crippen molar-refractivity contribution in [3.05, 3.63) is 48.0 Å². The van der Waals surface area contributed by atoms with Crippen LogP contribution in [-0.2, 0) is 0 Å². The molecular weight excluding hydrogens is 174 g/mol. The van der Waals surface area contributed by atoms with Crippen LogP contribution in [-0.4, -0.2) is 12.2 Å². The lowest BCUT2D eigenvalue weighted by atomic mass is 10.1. The number of nitrogens with one attached hydrogen (secondary N) is 1. The molecule has 0 fully saturated rings. The first-order valence-electron chi connectivity index (χ1n) is 4.65. The Bertz CT molecular complexity index is 439. The molecule has 2 aromatic rings. The normalized spacial score (nSPS) is 13.0. The molecule has 0 aromatic heterocycles. The largest absolute Gasteiger partial charge is 0.374 e. The number of aliphatic hydroxyl groups is 1. The van der Waals surface area contributed by atoms with Crippen LogP contribution in [0.3, 0.4) is 0 Å². The van der Waals surface area contributed by atoms with Crippen LogP contribution in [0, 0.1) is 0 Å². The summed E-state index contributed by atoms with van der Waals surface area (Å²) in [5, 5.41) is 14.7. The van der Waals surface area contributed by atoms with E-state index in [4.69, 9.17) is 0 Å². The third-order valence-corrected chi connectivity index (χ3v) is 2.36. The molecule has 14 heavy (non-hydrogen) atoms. The van der Waals surface area contributed by atoms with Gasteiger partial charge in [-0.15, -0.1) is 0 Å². The summed E-state index contributed by atoms with van der Waals surface area (Å²) in [6, 6.07) is 14.1. The third kappa shape index (κ3) is 1.62. The Hall–Kier alpha value is -1.38. The van der Waals surface area contributed by atoms with E-state index in [2.05, 4.69) is 11.4 Å². The van der Waals surface area contributed by atoms with Gasteiger partial charge in [-0.1, -0.05) is 36.4 Å². The predicted molar refractivity (Wildman–Crippen MR) is 58.0 cm³/mol. The topological polar surface area (TPSA) is 32.3 Å².